The summed E-state index contributed by atoms with van der Waals surface area (Å²) in [4.78, 5) is 0. The van der Waals surface area contributed by atoms with E-state index >= 15 is 0 Å². The lowest BCUT2D eigenvalue weighted by Crippen LogP contribution is -2.42. The summed E-state index contributed by atoms with van der Waals surface area (Å²) in [6.45, 7) is 2.98. The van der Waals surface area contributed by atoms with E-state index in [4.69, 9.17) is 0 Å². The van der Waals surface area contributed by atoms with E-state index in [0.29, 0.717) is 18.9 Å². The molecular weight excluding hydrogens is 248 g/mol. The number of nitrogens with one attached hydrogen (secondary N) is 1. The first-order chi connectivity index (χ1) is 9.04. The first-order valence-electron chi connectivity index (χ1n) is 6.93. The third kappa shape index (κ3) is 3.51. The molecular formula is C15H21F2NO. The molecule has 2 nitrogen and oxygen atoms in total. The lowest BCUT2D eigenvalue weighted by Gasteiger charge is -2.36. The molecule has 2 rings (SSSR count). The van der Waals surface area contributed by atoms with Gasteiger partial charge in [0.1, 0.15) is 0 Å². The molecule has 1 saturated carbocycles. The fourth-order valence-electron chi connectivity index (χ4n) is 2.86. The van der Waals surface area contributed by atoms with Gasteiger partial charge in [-0.1, -0.05) is 19.1 Å². The second kappa shape index (κ2) is 5.97. The van der Waals surface area contributed by atoms with Crippen LogP contribution < -0.4 is 5.32 Å². The van der Waals surface area contributed by atoms with Gasteiger partial charge in [-0.2, -0.15) is 0 Å². The summed E-state index contributed by atoms with van der Waals surface area (Å²) in [5.41, 5.74) is -0.634. The summed E-state index contributed by atoms with van der Waals surface area (Å²) >= 11 is 0. The molecule has 0 saturated heterocycles. The fraction of sp³-hybridized carbons (Fsp3) is 0.600. The highest BCUT2D eigenvalue weighted by molar-refractivity contribution is 5.21. The van der Waals surface area contributed by atoms with Gasteiger partial charge in [-0.05, 0) is 43.9 Å². The Morgan fingerprint density at radius 1 is 1.32 bits per heavy atom. The summed E-state index contributed by atoms with van der Waals surface area (Å²) in [6, 6.07) is 4.57. The molecule has 1 aromatic carbocycles. The van der Waals surface area contributed by atoms with E-state index in [9.17, 15) is 13.9 Å². The molecule has 1 aromatic rings. The first-order valence-corrected chi connectivity index (χ1v) is 6.93. The first kappa shape index (κ1) is 14.4. The zero-order valence-corrected chi connectivity index (χ0v) is 11.3. The van der Waals surface area contributed by atoms with Crippen LogP contribution in [0.1, 0.15) is 38.2 Å². The van der Waals surface area contributed by atoms with Crippen molar-refractivity contribution in [3.8, 4) is 0 Å². The highest BCUT2D eigenvalue weighted by atomic mass is 19.2. The molecule has 0 unspecified atom stereocenters. The van der Waals surface area contributed by atoms with Crippen LogP contribution in [0.25, 0.3) is 0 Å². The van der Waals surface area contributed by atoms with Crippen LogP contribution in [0.2, 0.25) is 0 Å². The van der Waals surface area contributed by atoms with Crippen LogP contribution in [0, 0.1) is 11.6 Å². The van der Waals surface area contributed by atoms with Crippen LogP contribution in [-0.4, -0.2) is 23.3 Å². The van der Waals surface area contributed by atoms with Gasteiger partial charge >= 0.3 is 0 Å². The van der Waals surface area contributed by atoms with Crippen molar-refractivity contribution in [1.82, 2.24) is 5.32 Å². The molecule has 4 heteroatoms. The second-order valence-corrected chi connectivity index (χ2v) is 5.45. The molecule has 0 aliphatic heterocycles. The van der Waals surface area contributed by atoms with Gasteiger partial charge in [-0.15, -0.1) is 0 Å². The van der Waals surface area contributed by atoms with E-state index in [2.05, 4.69) is 12.2 Å². The number of rotatable bonds is 4. The van der Waals surface area contributed by atoms with Crippen molar-refractivity contribution in [3.63, 3.8) is 0 Å². The second-order valence-electron chi connectivity index (χ2n) is 5.45. The Balaban J connectivity index is 2.01. The normalized spacial score (nSPS) is 27.5. The van der Waals surface area contributed by atoms with E-state index < -0.39 is 17.2 Å². The molecule has 0 aromatic heterocycles. The Hall–Kier alpha value is -1.00. The minimum absolute atomic E-state index is 0.190. The van der Waals surface area contributed by atoms with E-state index in [-0.39, 0.29) is 12.0 Å². The molecule has 0 amide bonds. The molecule has 0 atom stereocenters. The minimum atomic E-state index is -0.902. The van der Waals surface area contributed by atoms with Gasteiger partial charge in [0.05, 0.1) is 5.60 Å². The van der Waals surface area contributed by atoms with Crippen molar-refractivity contribution in [1.29, 1.82) is 0 Å². The minimum Gasteiger partial charge on any atom is -0.390 e. The lowest BCUT2D eigenvalue weighted by atomic mass is 9.78. The van der Waals surface area contributed by atoms with E-state index in [1.807, 2.05) is 0 Å². The summed E-state index contributed by atoms with van der Waals surface area (Å²) in [7, 11) is 0. The zero-order valence-electron chi connectivity index (χ0n) is 11.3. The van der Waals surface area contributed by atoms with Crippen LogP contribution in [-0.2, 0) is 6.42 Å². The van der Waals surface area contributed by atoms with Gasteiger partial charge < -0.3 is 10.4 Å². The maximum Gasteiger partial charge on any atom is 0.162 e. The van der Waals surface area contributed by atoms with E-state index in [1.54, 1.807) is 6.07 Å². The van der Waals surface area contributed by atoms with Crippen LogP contribution in [0.15, 0.2) is 18.2 Å². The predicted octanol–water partition coefficient (Wildman–Crippen LogP) is 2.79. The average Bonchev–Trinajstić information content (AvgIpc) is 2.38. The molecule has 0 radical (unpaired) electrons. The predicted molar refractivity (Wildman–Crippen MR) is 70.9 cm³/mol. The molecule has 106 valence electrons. The highest BCUT2D eigenvalue weighted by Gasteiger charge is 2.33. The summed E-state index contributed by atoms with van der Waals surface area (Å²) in [5.74, 6) is -1.67. The molecule has 2 N–H and O–H groups in total. The van der Waals surface area contributed by atoms with Gasteiger partial charge in [0.25, 0.3) is 0 Å². The topological polar surface area (TPSA) is 32.3 Å². The van der Waals surface area contributed by atoms with Crippen LogP contribution in [0.5, 0.6) is 0 Å². The molecule has 19 heavy (non-hydrogen) atoms. The molecule has 0 bridgehead atoms. The van der Waals surface area contributed by atoms with Gasteiger partial charge in [-0.25, -0.2) is 8.78 Å². The van der Waals surface area contributed by atoms with Crippen molar-refractivity contribution in [2.24, 2.45) is 0 Å². The Bertz CT molecular complexity index is 428. The molecule has 1 fully saturated rings. The molecule has 1 aliphatic carbocycles. The van der Waals surface area contributed by atoms with Crippen molar-refractivity contribution in [3.05, 3.63) is 35.4 Å². The Kier molecular flexibility index (Phi) is 4.53. The quantitative estimate of drug-likeness (QED) is 0.881. The lowest BCUT2D eigenvalue weighted by molar-refractivity contribution is -0.00369. The summed E-state index contributed by atoms with van der Waals surface area (Å²) < 4.78 is 26.8. The smallest absolute Gasteiger partial charge is 0.162 e. The number of halogens is 2. The third-order valence-corrected chi connectivity index (χ3v) is 3.96. The van der Waals surface area contributed by atoms with Crippen molar-refractivity contribution < 1.29 is 13.9 Å². The number of benzene rings is 1. The Labute approximate surface area is 112 Å². The standard InChI is InChI=1S/C15H21F2NO/c1-2-18-12-6-8-15(19,9-7-12)10-11-4-3-5-13(16)14(11)17/h3-5,12,18-19H,2,6-10H2,1H3. The summed E-state index contributed by atoms with van der Waals surface area (Å²) in [6.07, 6.45) is 3.19. The van der Waals surface area contributed by atoms with Crippen molar-refractivity contribution >= 4 is 0 Å². The van der Waals surface area contributed by atoms with Crippen molar-refractivity contribution in [2.75, 3.05) is 6.54 Å². The van der Waals surface area contributed by atoms with Gasteiger partial charge in [0, 0.05) is 12.5 Å². The molecule has 1 aliphatic rings. The Morgan fingerprint density at radius 3 is 2.63 bits per heavy atom. The zero-order chi connectivity index (χ0) is 13.9. The highest BCUT2D eigenvalue weighted by Crippen LogP contribution is 2.32. The molecule has 0 heterocycles. The van der Waals surface area contributed by atoms with Gasteiger partial charge in [0.15, 0.2) is 11.6 Å². The average molecular weight is 269 g/mol. The van der Waals surface area contributed by atoms with Gasteiger partial charge in [0.2, 0.25) is 0 Å². The Morgan fingerprint density at radius 2 is 2.00 bits per heavy atom. The number of aliphatic hydroxyl groups is 1. The van der Waals surface area contributed by atoms with Crippen LogP contribution in [0.3, 0.4) is 0 Å². The van der Waals surface area contributed by atoms with E-state index in [1.165, 1.54) is 6.07 Å². The van der Waals surface area contributed by atoms with E-state index in [0.717, 1.165) is 25.5 Å². The van der Waals surface area contributed by atoms with Crippen LogP contribution >= 0.6 is 0 Å². The monoisotopic (exact) mass is 269 g/mol. The van der Waals surface area contributed by atoms with Crippen molar-refractivity contribution in [2.45, 2.75) is 50.7 Å². The maximum absolute atomic E-state index is 13.6. The fourth-order valence-corrected chi connectivity index (χ4v) is 2.86. The SMILES string of the molecule is CCNC1CCC(O)(Cc2cccc(F)c2F)CC1. The molecule has 0 spiro atoms. The maximum atomic E-state index is 13.6. The summed E-state index contributed by atoms with van der Waals surface area (Å²) in [5, 5.41) is 13.9. The number of hydrogen-bond donors (Lipinski definition) is 2. The van der Waals surface area contributed by atoms with Crippen LogP contribution in [0.4, 0.5) is 8.78 Å². The third-order valence-electron chi connectivity index (χ3n) is 3.96. The number of hydrogen-bond acceptors (Lipinski definition) is 2. The largest absolute Gasteiger partial charge is 0.390 e. The van der Waals surface area contributed by atoms with Gasteiger partial charge in [-0.3, -0.25) is 0 Å².